The van der Waals surface area contributed by atoms with Crippen molar-refractivity contribution in [3.05, 3.63) is 60.2 Å². The molecule has 2 aromatic carbocycles. The number of hydrogen-bond acceptors (Lipinski definition) is 2. The Labute approximate surface area is 121 Å². The Morgan fingerprint density at radius 1 is 1.00 bits per heavy atom. The molecule has 2 nitrogen and oxygen atoms in total. The van der Waals surface area contributed by atoms with E-state index >= 15 is 0 Å². The molecule has 0 aliphatic carbocycles. The third kappa shape index (κ3) is 4.20. The lowest BCUT2D eigenvalue weighted by atomic mass is 10.2. The average Bonchev–Trinajstić information content (AvgIpc) is 2.46. The van der Waals surface area contributed by atoms with Gasteiger partial charge in [-0.1, -0.05) is 30.3 Å². The Hall–Kier alpha value is -1.10. The third-order valence-corrected chi connectivity index (χ3v) is 5.03. The molecule has 0 heterocycles. The van der Waals surface area contributed by atoms with E-state index in [1.165, 1.54) is 10.5 Å². The van der Waals surface area contributed by atoms with E-state index in [-0.39, 0.29) is 0 Å². The molecule has 19 heavy (non-hydrogen) atoms. The van der Waals surface area contributed by atoms with E-state index in [4.69, 9.17) is 0 Å². The van der Waals surface area contributed by atoms with E-state index in [2.05, 4.69) is 24.3 Å². The minimum atomic E-state index is -1.06. The lowest BCUT2D eigenvalue weighted by molar-refractivity contribution is 0.602. The molecule has 0 saturated heterocycles. The molecule has 1 atom stereocenters. The van der Waals surface area contributed by atoms with E-state index in [1.807, 2.05) is 44.4 Å². The monoisotopic (exact) mass is 291 g/mol. The first-order valence-corrected chi connectivity index (χ1v) is 8.12. The van der Waals surface area contributed by atoms with Crippen molar-refractivity contribution in [3.63, 3.8) is 0 Å². The molecule has 0 aromatic heterocycles. The highest BCUT2D eigenvalue weighted by Crippen LogP contribution is 2.23. The van der Waals surface area contributed by atoms with Crippen LogP contribution in [-0.4, -0.2) is 22.6 Å². The van der Waals surface area contributed by atoms with E-state index in [0.717, 1.165) is 10.6 Å². The number of nitrogens with zero attached hydrogens (tertiary/aromatic N) is 1. The normalized spacial score (nSPS) is 12.6. The molecular weight excluding hydrogens is 274 g/mol. The molecule has 0 fully saturated rings. The predicted octanol–water partition coefficient (Wildman–Crippen LogP) is 3.56. The first-order valence-electron chi connectivity index (χ1n) is 6.03. The van der Waals surface area contributed by atoms with Crippen LogP contribution >= 0.6 is 11.8 Å². The van der Waals surface area contributed by atoms with Gasteiger partial charge < -0.3 is 0 Å². The van der Waals surface area contributed by atoms with Crippen molar-refractivity contribution >= 4 is 22.7 Å². The van der Waals surface area contributed by atoms with Gasteiger partial charge >= 0.3 is 0 Å². The van der Waals surface area contributed by atoms with E-state index in [0.29, 0.717) is 0 Å². The summed E-state index contributed by atoms with van der Waals surface area (Å²) in [5, 5.41) is 0. The summed E-state index contributed by atoms with van der Waals surface area (Å²) in [6.07, 6.45) is 0. The molecule has 0 saturated carbocycles. The molecule has 2 rings (SSSR count). The van der Waals surface area contributed by atoms with Gasteiger partial charge in [0.2, 0.25) is 0 Å². The van der Waals surface area contributed by atoms with Gasteiger partial charge in [0.05, 0.1) is 4.90 Å². The average molecular weight is 291 g/mol. The second-order valence-corrected chi connectivity index (χ2v) is 7.06. The molecule has 0 aliphatic rings. The fraction of sp³-hybridized carbons (Fsp3) is 0.200. The van der Waals surface area contributed by atoms with Crippen LogP contribution in [0, 0.1) is 0 Å². The number of rotatable bonds is 5. The summed E-state index contributed by atoms with van der Waals surface area (Å²) >= 11 is 1.79. The zero-order valence-corrected chi connectivity index (χ0v) is 12.7. The van der Waals surface area contributed by atoms with Crippen molar-refractivity contribution in [1.29, 1.82) is 0 Å². The van der Waals surface area contributed by atoms with Crippen molar-refractivity contribution in [1.82, 2.24) is 4.31 Å². The quantitative estimate of drug-likeness (QED) is 0.785. The van der Waals surface area contributed by atoms with Crippen LogP contribution in [0.2, 0.25) is 0 Å². The molecular formula is C15H17NOS2. The predicted molar refractivity (Wildman–Crippen MR) is 82.5 cm³/mol. The van der Waals surface area contributed by atoms with Crippen molar-refractivity contribution in [2.24, 2.45) is 0 Å². The maximum absolute atomic E-state index is 11.9. The lowest BCUT2D eigenvalue weighted by Crippen LogP contribution is -2.14. The van der Waals surface area contributed by atoms with Crippen molar-refractivity contribution in [2.45, 2.75) is 15.5 Å². The summed E-state index contributed by atoms with van der Waals surface area (Å²) in [4.78, 5) is 2.04. The number of benzene rings is 2. The summed E-state index contributed by atoms with van der Waals surface area (Å²) in [6, 6.07) is 18.3. The largest absolute Gasteiger partial charge is 0.237 e. The van der Waals surface area contributed by atoms with Gasteiger partial charge in [-0.15, -0.1) is 11.8 Å². The van der Waals surface area contributed by atoms with Crippen LogP contribution < -0.4 is 0 Å². The van der Waals surface area contributed by atoms with Crippen LogP contribution in [0.4, 0.5) is 0 Å². The maximum Gasteiger partial charge on any atom is 0.127 e. The molecule has 0 aliphatic heterocycles. The number of hydrogen-bond donors (Lipinski definition) is 0. The second-order valence-electron chi connectivity index (χ2n) is 4.31. The van der Waals surface area contributed by atoms with Crippen LogP contribution in [0.25, 0.3) is 0 Å². The van der Waals surface area contributed by atoms with Gasteiger partial charge in [0.1, 0.15) is 11.0 Å². The molecule has 0 spiro atoms. The summed E-state index contributed by atoms with van der Waals surface area (Å²) in [5.74, 6) is 0.955. The van der Waals surface area contributed by atoms with E-state index < -0.39 is 11.0 Å². The minimum Gasteiger partial charge on any atom is -0.237 e. The van der Waals surface area contributed by atoms with Crippen LogP contribution in [-0.2, 0) is 16.7 Å². The topological polar surface area (TPSA) is 20.3 Å². The number of thioether (sulfide) groups is 1. The molecule has 4 heteroatoms. The third-order valence-electron chi connectivity index (χ3n) is 2.61. The fourth-order valence-electron chi connectivity index (χ4n) is 1.60. The van der Waals surface area contributed by atoms with Crippen LogP contribution in [0.3, 0.4) is 0 Å². The molecule has 0 bridgehead atoms. The molecule has 0 amide bonds. The van der Waals surface area contributed by atoms with Gasteiger partial charge in [0.25, 0.3) is 0 Å². The van der Waals surface area contributed by atoms with Crippen LogP contribution in [0.15, 0.2) is 64.4 Å². The summed E-state index contributed by atoms with van der Waals surface area (Å²) < 4.78 is 13.6. The van der Waals surface area contributed by atoms with Gasteiger partial charge in [-0.25, -0.2) is 8.51 Å². The summed E-state index contributed by atoms with van der Waals surface area (Å²) in [6.45, 7) is 0. The molecule has 2 aromatic rings. The summed E-state index contributed by atoms with van der Waals surface area (Å²) in [7, 11) is 2.57. The summed E-state index contributed by atoms with van der Waals surface area (Å²) in [5.41, 5.74) is 1.31. The highest BCUT2D eigenvalue weighted by atomic mass is 32.2. The maximum atomic E-state index is 11.9. The Kier molecular flexibility index (Phi) is 5.19. The van der Waals surface area contributed by atoms with Crippen LogP contribution in [0.1, 0.15) is 5.56 Å². The molecule has 0 N–H and O–H groups in total. The van der Waals surface area contributed by atoms with Gasteiger partial charge in [-0.05, 0) is 43.9 Å². The molecule has 100 valence electrons. The van der Waals surface area contributed by atoms with Crippen LogP contribution in [0.5, 0.6) is 0 Å². The van der Waals surface area contributed by atoms with Gasteiger partial charge in [0.15, 0.2) is 0 Å². The van der Waals surface area contributed by atoms with Crippen molar-refractivity contribution in [2.75, 3.05) is 14.1 Å². The Balaban J connectivity index is 1.98. The first-order chi connectivity index (χ1) is 9.16. The Morgan fingerprint density at radius 2 is 1.63 bits per heavy atom. The highest BCUT2D eigenvalue weighted by molar-refractivity contribution is 7.98. The van der Waals surface area contributed by atoms with Gasteiger partial charge in [-0.3, -0.25) is 0 Å². The van der Waals surface area contributed by atoms with Crippen molar-refractivity contribution < 1.29 is 4.21 Å². The van der Waals surface area contributed by atoms with Gasteiger partial charge in [0, 0.05) is 10.6 Å². The van der Waals surface area contributed by atoms with E-state index in [1.54, 1.807) is 16.1 Å². The standard InChI is InChI=1S/C15H17NOS2/c1-16(2)19(17)15-10-8-14(9-11-15)18-12-13-6-4-3-5-7-13/h3-11H,12H2,1-2H3. The Morgan fingerprint density at radius 3 is 2.21 bits per heavy atom. The minimum absolute atomic E-state index is 0.842. The van der Waals surface area contributed by atoms with Gasteiger partial charge in [-0.2, -0.15) is 0 Å². The smallest absolute Gasteiger partial charge is 0.127 e. The van der Waals surface area contributed by atoms with E-state index in [9.17, 15) is 4.21 Å². The fourth-order valence-corrected chi connectivity index (χ4v) is 3.25. The molecule has 0 radical (unpaired) electrons. The second kappa shape index (κ2) is 6.89. The SMILES string of the molecule is CN(C)S(=O)c1ccc(SCc2ccccc2)cc1. The first kappa shape index (κ1) is 14.3. The van der Waals surface area contributed by atoms with Crippen molar-refractivity contribution in [3.8, 4) is 0 Å². The zero-order valence-electron chi connectivity index (χ0n) is 11.1. The Bertz CT molecular complexity index is 538. The molecule has 1 unspecified atom stereocenters. The lowest BCUT2D eigenvalue weighted by Gasteiger charge is -2.09. The highest BCUT2D eigenvalue weighted by Gasteiger charge is 2.05. The zero-order chi connectivity index (χ0) is 13.7.